The second kappa shape index (κ2) is 3.26. The van der Waals surface area contributed by atoms with Crippen LogP contribution in [0.25, 0.3) is 10.9 Å². The van der Waals surface area contributed by atoms with Crippen molar-refractivity contribution in [1.29, 1.82) is 0 Å². The van der Waals surface area contributed by atoms with Crippen molar-refractivity contribution in [1.82, 2.24) is 10.2 Å². The molecule has 0 saturated carbocycles. The summed E-state index contributed by atoms with van der Waals surface area (Å²) >= 11 is 8.11. The van der Waals surface area contributed by atoms with Crippen LogP contribution in [0.3, 0.4) is 0 Å². The Kier molecular flexibility index (Phi) is 2.25. The third kappa shape index (κ3) is 1.44. The molecular weight excluding hydrogens is 302 g/mol. The van der Waals surface area contributed by atoms with Crippen molar-refractivity contribution < 1.29 is 4.79 Å². The zero-order chi connectivity index (χ0) is 9.42. The average Bonchev–Trinajstić information content (AvgIpc) is 2.47. The Balaban J connectivity index is 2.89. The van der Waals surface area contributed by atoms with Crippen LogP contribution >= 0.6 is 34.2 Å². The highest BCUT2D eigenvalue weighted by molar-refractivity contribution is 14.1. The fourth-order valence-electron chi connectivity index (χ4n) is 1.18. The molecule has 0 amide bonds. The van der Waals surface area contributed by atoms with Crippen LogP contribution in [-0.2, 0) is 0 Å². The number of hydrogen-bond donors (Lipinski definition) is 1. The quantitative estimate of drug-likeness (QED) is 0.650. The first-order valence-corrected chi connectivity index (χ1v) is 4.96. The minimum atomic E-state index is 0.427. The van der Waals surface area contributed by atoms with Crippen molar-refractivity contribution in [3.05, 3.63) is 26.4 Å². The lowest BCUT2D eigenvalue weighted by molar-refractivity contribution is 0.112. The number of fused-ring (bicyclic) bond motifs is 1. The topological polar surface area (TPSA) is 45.8 Å². The molecule has 0 aliphatic heterocycles. The van der Waals surface area contributed by atoms with Crippen molar-refractivity contribution in [2.75, 3.05) is 0 Å². The van der Waals surface area contributed by atoms with Gasteiger partial charge in [0.15, 0.2) is 6.29 Å². The van der Waals surface area contributed by atoms with E-state index in [9.17, 15) is 4.79 Å². The minimum absolute atomic E-state index is 0.427. The minimum Gasteiger partial charge on any atom is -0.296 e. The predicted molar refractivity (Wildman–Crippen MR) is 59.2 cm³/mol. The third-order valence-corrected chi connectivity index (χ3v) is 2.64. The highest BCUT2D eigenvalue weighted by atomic mass is 127. The average molecular weight is 306 g/mol. The lowest BCUT2D eigenvalue weighted by atomic mass is 10.2. The molecule has 3 nitrogen and oxygen atoms in total. The van der Waals surface area contributed by atoms with Crippen LogP contribution in [-0.4, -0.2) is 16.5 Å². The summed E-state index contributed by atoms with van der Waals surface area (Å²) in [6.45, 7) is 0. The predicted octanol–water partition coefficient (Wildman–Crippen LogP) is 2.63. The van der Waals surface area contributed by atoms with Gasteiger partial charge in [0.05, 0.1) is 10.5 Å². The number of H-pyrrole nitrogens is 1. The van der Waals surface area contributed by atoms with Crippen molar-refractivity contribution >= 4 is 51.4 Å². The normalized spacial score (nSPS) is 10.6. The molecule has 0 radical (unpaired) electrons. The van der Waals surface area contributed by atoms with E-state index in [0.717, 1.165) is 9.09 Å². The van der Waals surface area contributed by atoms with E-state index in [0.29, 0.717) is 22.4 Å². The van der Waals surface area contributed by atoms with Crippen molar-refractivity contribution in [2.24, 2.45) is 0 Å². The Morgan fingerprint density at radius 2 is 2.31 bits per heavy atom. The fraction of sp³-hybridized carbons (Fsp3) is 0. The van der Waals surface area contributed by atoms with E-state index in [4.69, 9.17) is 11.6 Å². The lowest BCUT2D eigenvalue weighted by Crippen LogP contribution is -1.80. The molecule has 0 aliphatic carbocycles. The van der Waals surface area contributed by atoms with E-state index in [-0.39, 0.29) is 0 Å². The van der Waals surface area contributed by atoms with Gasteiger partial charge in [0.1, 0.15) is 5.69 Å². The molecule has 2 aromatic rings. The fourth-order valence-corrected chi connectivity index (χ4v) is 2.28. The van der Waals surface area contributed by atoms with Gasteiger partial charge in [-0.15, -0.1) is 0 Å². The second-order valence-electron chi connectivity index (χ2n) is 2.54. The van der Waals surface area contributed by atoms with Crippen LogP contribution in [0.1, 0.15) is 10.5 Å². The van der Waals surface area contributed by atoms with Gasteiger partial charge in [-0.3, -0.25) is 9.89 Å². The number of nitrogens with zero attached hydrogens (tertiary/aromatic N) is 1. The van der Waals surface area contributed by atoms with Crippen LogP contribution in [0.4, 0.5) is 0 Å². The van der Waals surface area contributed by atoms with Gasteiger partial charge in [-0.1, -0.05) is 11.6 Å². The van der Waals surface area contributed by atoms with E-state index in [1.807, 2.05) is 6.07 Å². The first-order chi connectivity index (χ1) is 6.22. The molecule has 0 saturated heterocycles. The Morgan fingerprint density at radius 3 is 3.00 bits per heavy atom. The van der Waals surface area contributed by atoms with Crippen LogP contribution in [0.15, 0.2) is 12.1 Å². The maximum Gasteiger partial charge on any atom is 0.168 e. The Hall–Kier alpha value is -0.620. The van der Waals surface area contributed by atoms with E-state index >= 15 is 0 Å². The number of halogens is 2. The van der Waals surface area contributed by atoms with Crippen LogP contribution in [0, 0.1) is 3.57 Å². The number of aromatic amines is 1. The van der Waals surface area contributed by atoms with Gasteiger partial charge in [-0.2, -0.15) is 5.10 Å². The summed E-state index contributed by atoms with van der Waals surface area (Å²) in [6, 6.07) is 3.66. The SMILES string of the molecule is O=Cc1[nH]nc2cc(I)cc(Cl)c12. The van der Waals surface area contributed by atoms with Crippen LogP contribution < -0.4 is 0 Å². The number of aromatic nitrogens is 2. The number of aldehydes is 1. The molecule has 1 heterocycles. The molecule has 0 bridgehead atoms. The second-order valence-corrected chi connectivity index (χ2v) is 4.19. The van der Waals surface area contributed by atoms with Crippen molar-refractivity contribution in [3.8, 4) is 0 Å². The molecule has 66 valence electrons. The highest BCUT2D eigenvalue weighted by Crippen LogP contribution is 2.26. The molecule has 1 aromatic heterocycles. The van der Waals surface area contributed by atoms with Crippen LogP contribution in [0.5, 0.6) is 0 Å². The largest absolute Gasteiger partial charge is 0.296 e. The molecule has 1 N–H and O–H groups in total. The van der Waals surface area contributed by atoms with Gasteiger partial charge in [0.25, 0.3) is 0 Å². The molecule has 0 aliphatic rings. The summed E-state index contributed by atoms with van der Waals surface area (Å²) in [5.41, 5.74) is 1.15. The highest BCUT2D eigenvalue weighted by Gasteiger charge is 2.08. The summed E-state index contributed by atoms with van der Waals surface area (Å²) < 4.78 is 0.999. The number of hydrogen-bond acceptors (Lipinski definition) is 2. The van der Waals surface area contributed by atoms with Gasteiger partial charge in [0.2, 0.25) is 0 Å². The van der Waals surface area contributed by atoms with Crippen LogP contribution in [0.2, 0.25) is 5.02 Å². The summed E-state index contributed by atoms with van der Waals surface area (Å²) in [4.78, 5) is 10.6. The maximum atomic E-state index is 10.6. The Bertz CT molecular complexity index is 480. The maximum absolute atomic E-state index is 10.6. The number of carbonyl (C=O) groups is 1. The lowest BCUT2D eigenvalue weighted by Gasteiger charge is -1.94. The summed E-state index contributed by atoms with van der Waals surface area (Å²) in [5.74, 6) is 0. The number of nitrogens with one attached hydrogen (secondary N) is 1. The molecule has 0 spiro atoms. The Labute approximate surface area is 92.6 Å². The molecule has 0 fully saturated rings. The Morgan fingerprint density at radius 1 is 1.54 bits per heavy atom. The molecule has 0 atom stereocenters. The van der Waals surface area contributed by atoms with Crippen molar-refractivity contribution in [3.63, 3.8) is 0 Å². The molecular formula is C8H4ClIN2O. The van der Waals surface area contributed by atoms with Crippen molar-refractivity contribution in [2.45, 2.75) is 0 Å². The van der Waals surface area contributed by atoms with Gasteiger partial charge in [0, 0.05) is 8.96 Å². The summed E-state index contributed by atoms with van der Waals surface area (Å²) in [6.07, 6.45) is 0.716. The third-order valence-electron chi connectivity index (χ3n) is 1.72. The zero-order valence-corrected chi connectivity index (χ0v) is 9.26. The zero-order valence-electron chi connectivity index (χ0n) is 6.34. The van der Waals surface area contributed by atoms with E-state index in [2.05, 4.69) is 32.8 Å². The number of carbonyl (C=O) groups excluding carboxylic acids is 1. The standard InChI is InChI=1S/C8H4ClIN2O/c9-5-1-4(10)2-6-8(5)7(3-13)12-11-6/h1-3H,(H,11,12). The van der Waals surface area contributed by atoms with Gasteiger partial charge >= 0.3 is 0 Å². The molecule has 0 unspecified atom stereocenters. The summed E-state index contributed by atoms with van der Waals surface area (Å²) in [5, 5.41) is 7.84. The van der Waals surface area contributed by atoms with Gasteiger partial charge in [-0.05, 0) is 34.7 Å². The number of rotatable bonds is 1. The van der Waals surface area contributed by atoms with E-state index in [1.54, 1.807) is 6.07 Å². The number of benzene rings is 1. The van der Waals surface area contributed by atoms with Gasteiger partial charge < -0.3 is 0 Å². The first-order valence-electron chi connectivity index (χ1n) is 3.50. The molecule has 13 heavy (non-hydrogen) atoms. The molecule has 2 rings (SSSR count). The van der Waals surface area contributed by atoms with E-state index < -0.39 is 0 Å². The van der Waals surface area contributed by atoms with Gasteiger partial charge in [-0.25, -0.2) is 0 Å². The molecule has 5 heteroatoms. The monoisotopic (exact) mass is 306 g/mol. The molecule has 1 aromatic carbocycles. The summed E-state index contributed by atoms with van der Waals surface area (Å²) in [7, 11) is 0. The first kappa shape index (κ1) is 8.96. The van der Waals surface area contributed by atoms with E-state index in [1.165, 1.54) is 0 Å². The smallest absolute Gasteiger partial charge is 0.168 e.